The highest BCUT2D eigenvalue weighted by molar-refractivity contribution is 7.80. The van der Waals surface area contributed by atoms with Crippen molar-refractivity contribution in [1.82, 2.24) is 4.90 Å². The number of ether oxygens (including phenoxy) is 1. The van der Waals surface area contributed by atoms with E-state index in [4.69, 9.17) is 17.0 Å². The van der Waals surface area contributed by atoms with Crippen LogP contribution in [0.3, 0.4) is 0 Å². The van der Waals surface area contributed by atoms with E-state index in [-0.39, 0.29) is 17.1 Å². The third kappa shape index (κ3) is 3.72. The van der Waals surface area contributed by atoms with Gasteiger partial charge in [-0.2, -0.15) is 0 Å². The molecule has 4 nitrogen and oxygen atoms in total. The van der Waals surface area contributed by atoms with Crippen molar-refractivity contribution in [3.63, 3.8) is 0 Å². The SMILES string of the molecule is C=CC[C@H](O)[C@@H](C)C(=O)N1C(=S)OC[C@@H]1Cc1ccccc1. The van der Waals surface area contributed by atoms with Crippen LogP contribution in [-0.2, 0) is 16.0 Å². The van der Waals surface area contributed by atoms with Crippen molar-refractivity contribution in [3.05, 3.63) is 48.6 Å². The van der Waals surface area contributed by atoms with Gasteiger partial charge in [-0.3, -0.25) is 9.69 Å². The zero-order chi connectivity index (χ0) is 16.1. The van der Waals surface area contributed by atoms with E-state index in [0.29, 0.717) is 19.4 Å². The summed E-state index contributed by atoms with van der Waals surface area (Å²) in [5.74, 6) is -0.742. The van der Waals surface area contributed by atoms with Crippen molar-refractivity contribution >= 4 is 23.3 Å². The minimum absolute atomic E-state index is 0.124. The molecule has 1 amide bonds. The number of thiocarbonyl (C=S) groups is 1. The van der Waals surface area contributed by atoms with E-state index < -0.39 is 12.0 Å². The predicted octanol–water partition coefficient (Wildman–Crippen LogP) is 2.31. The van der Waals surface area contributed by atoms with Gasteiger partial charge in [0.1, 0.15) is 6.61 Å². The van der Waals surface area contributed by atoms with Gasteiger partial charge in [0, 0.05) is 0 Å². The number of amides is 1. The van der Waals surface area contributed by atoms with Gasteiger partial charge in [-0.05, 0) is 30.6 Å². The minimum atomic E-state index is -0.759. The largest absolute Gasteiger partial charge is 0.468 e. The molecule has 0 radical (unpaired) electrons. The molecule has 1 aliphatic heterocycles. The van der Waals surface area contributed by atoms with E-state index in [2.05, 4.69) is 6.58 Å². The lowest BCUT2D eigenvalue weighted by molar-refractivity contribution is -0.135. The quantitative estimate of drug-likeness (QED) is 0.646. The first kappa shape index (κ1) is 16.6. The molecule has 0 spiro atoms. The molecule has 3 atom stereocenters. The average molecular weight is 319 g/mol. The van der Waals surface area contributed by atoms with Gasteiger partial charge in [-0.25, -0.2) is 0 Å². The Balaban J connectivity index is 2.10. The van der Waals surface area contributed by atoms with Gasteiger partial charge in [0.15, 0.2) is 0 Å². The van der Waals surface area contributed by atoms with Crippen LogP contribution in [0.25, 0.3) is 0 Å². The highest BCUT2D eigenvalue weighted by atomic mass is 32.1. The first-order valence-electron chi connectivity index (χ1n) is 7.37. The van der Waals surface area contributed by atoms with Crippen LogP contribution in [0, 0.1) is 5.92 Å². The highest BCUT2D eigenvalue weighted by Crippen LogP contribution is 2.22. The van der Waals surface area contributed by atoms with E-state index in [1.165, 1.54) is 4.90 Å². The molecule has 1 aromatic rings. The van der Waals surface area contributed by atoms with Crippen LogP contribution in [-0.4, -0.2) is 39.8 Å². The summed E-state index contributed by atoms with van der Waals surface area (Å²) in [4.78, 5) is 14.1. The summed E-state index contributed by atoms with van der Waals surface area (Å²) in [6, 6.07) is 9.79. The summed E-state index contributed by atoms with van der Waals surface area (Å²) >= 11 is 5.16. The summed E-state index contributed by atoms with van der Waals surface area (Å²) in [5, 5.41) is 10.2. The van der Waals surface area contributed by atoms with E-state index >= 15 is 0 Å². The summed E-state index contributed by atoms with van der Waals surface area (Å²) in [6.45, 7) is 5.69. The number of rotatable bonds is 6. The van der Waals surface area contributed by atoms with Gasteiger partial charge in [-0.1, -0.05) is 43.3 Å². The molecule has 1 heterocycles. The van der Waals surface area contributed by atoms with Gasteiger partial charge in [0.2, 0.25) is 5.91 Å². The van der Waals surface area contributed by atoms with Gasteiger partial charge >= 0.3 is 0 Å². The van der Waals surface area contributed by atoms with E-state index in [1.807, 2.05) is 30.3 Å². The Bertz CT molecular complexity index is 546. The van der Waals surface area contributed by atoms with Crippen LogP contribution in [0.4, 0.5) is 0 Å². The molecular formula is C17H21NO3S. The summed E-state index contributed by atoms with van der Waals surface area (Å²) in [6.07, 6.45) is 1.90. The molecule has 1 aromatic carbocycles. The lowest BCUT2D eigenvalue weighted by Gasteiger charge is -2.26. The number of benzene rings is 1. The number of hydrogen-bond acceptors (Lipinski definition) is 4. The summed E-state index contributed by atoms with van der Waals surface area (Å²) in [5.41, 5.74) is 1.12. The van der Waals surface area contributed by atoms with Crippen molar-refractivity contribution in [3.8, 4) is 0 Å². The van der Waals surface area contributed by atoms with E-state index in [1.54, 1.807) is 13.0 Å². The molecule has 1 N–H and O–H groups in total. The number of aliphatic hydroxyl groups is 1. The molecular weight excluding hydrogens is 298 g/mol. The second kappa shape index (κ2) is 7.51. The van der Waals surface area contributed by atoms with Gasteiger partial charge < -0.3 is 9.84 Å². The Kier molecular flexibility index (Phi) is 5.69. The van der Waals surface area contributed by atoms with Crippen LogP contribution in [0.1, 0.15) is 18.9 Å². The maximum Gasteiger partial charge on any atom is 0.266 e. The second-order valence-corrected chi connectivity index (χ2v) is 5.86. The molecule has 0 saturated carbocycles. The fraction of sp³-hybridized carbons (Fsp3) is 0.412. The Morgan fingerprint density at radius 3 is 2.86 bits per heavy atom. The fourth-order valence-electron chi connectivity index (χ4n) is 2.53. The summed E-state index contributed by atoms with van der Waals surface area (Å²) in [7, 11) is 0. The van der Waals surface area contributed by atoms with Crippen molar-refractivity contribution in [2.75, 3.05) is 6.61 Å². The second-order valence-electron chi connectivity index (χ2n) is 5.51. The first-order chi connectivity index (χ1) is 10.5. The monoisotopic (exact) mass is 319 g/mol. The van der Waals surface area contributed by atoms with Crippen LogP contribution in [0.15, 0.2) is 43.0 Å². The van der Waals surface area contributed by atoms with Crippen molar-refractivity contribution in [1.29, 1.82) is 0 Å². The zero-order valence-electron chi connectivity index (χ0n) is 12.6. The average Bonchev–Trinajstić information content (AvgIpc) is 2.87. The number of carbonyl (C=O) groups excluding carboxylic acids is 1. The molecule has 22 heavy (non-hydrogen) atoms. The third-order valence-corrected chi connectivity index (χ3v) is 4.20. The Labute approximate surface area is 136 Å². The number of hydrogen-bond donors (Lipinski definition) is 1. The van der Waals surface area contributed by atoms with Crippen molar-refractivity contribution < 1.29 is 14.6 Å². The van der Waals surface area contributed by atoms with Crippen LogP contribution in [0.5, 0.6) is 0 Å². The smallest absolute Gasteiger partial charge is 0.266 e. The zero-order valence-corrected chi connectivity index (χ0v) is 13.5. The van der Waals surface area contributed by atoms with Crippen molar-refractivity contribution in [2.24, 2.45) is 5.92 Å². The van der Waals surface area contributed by atoms with Gasteiger partial charge in [-0.15, -0.1) is 6.58 Å². The lowest BCUT2D eigenvalue weighted by Crippen LogP contribution is -2.45. The first-order valence-corrected chi connectivity index (χ1v) is 7.78. The van der Waals surface area contributed by atoms with Gasteiger partial charge in [0.05, 0.1) is 18.1 Å². The number of nitrogens with zero attached hydrogens (tertiary/aromatic N) is 1. The van der Waals surface area contributed by atoms with Crippen molar-refractivity contribution in [2.45, 2.75) is 31.9 Å². The lowest BCUT2D eigenvalue weighted by atomic mass is 9.98. The molecule has 1 aliphatic rings. The predicted molar refractivity (Wildman–Crippen MR) is 89.3 cm³/mol. The molecule has 0 aromatic heterocycles. The topological polar surface area (TPSA) is 49.8 Å². The maximum atomic E-state index is 12.6. The van der Waals surface area contributed by atoms with Gasteiger partial charge in [0.25, 0.3) is 5.17 Å². The van der Waals surface area contributed by atoms with Crippen LogP contribution in [0.2, 0.25) is 0 Å². The molecule has 118 valence electrons. The van der Waals surface area contributed by atoms with E-state index in [0.717, 1.165) is 5.56 Å². The maximum absolute atomic E-state index is 12.6. The van der Waals surface area contributed by atoms with Crippen LogP contribution >= 0.6 is 12.2 Å². The Hall–Kier alpha value is -1.72. The molecule has 2 rings (SSSR count). The molecule has 0 aliphatic carbocycles. The molecule has 5 heteroatoms. The summed E-state index contributed by atoms with van der Waals surface area (Å²) < 4.78 is 5.40. The molecule has 1 fully saturated rings. The normalized spacial score (nSPS) is 20.4. The molecule has 1 saturated heterocycles. The highest BCUT2D eigenvalue weighted by Gasteiger charge is 2.38. The molecule has 0 bridgehead atoms. The standard InChI is InChI=1S/C17H21NO3S/c1-3-7-15(19)12(2)16(20)18-14(11-21-17(18)22)10-13-8-5-4-6-9-13/h3-6,8-9,12,14-15,19H,1,7,10-11H2,2H3/t12-,14+,15+/m1/s1. The Morgan fingerprint density at radius 1 is 1.55 bits per heavy atom. The minimum Gasteiger partial charge on any atom is -0.468 e. The Morgan fingerprint density at radius 2 is 2.23 bits per heavy atom. The van der Waals surface area contributed by atoms with E-state index in [9.17, 15) is 9.90 Å². The number of aliphatic hydroxyl groups excluding tert-OH is 1. The fourth-order valence-corrected chi connectivity index (χ4v) is 2.83. The van der Waals surface area contributed by atoms with Crippen LogP contribution < -0.4 is 0 Å². The molecule has 0 unspecified atom stereocenters. The number of carbonyl (C=O) groups is 1. The third-order valence-electron chi connectivity index (χ3n) is 3.89.